The van der Waals surface area contributed by atoms with Crippen LogP contribution < -0.4 is 0 Å². The maximum atomic E-state index is 12.6. The molecule has 5 aromatic rings. The monoisotopic (exact) mass is 474 g/mol. The average molecular weight is 475 g/mol. The van der Waals surface area contributed by atoms with E-state index in [0.29, 0.717) is 17.7 Å². The fraction of sp³-hybridized carbons (Fsp3) is 0.290. The normalized spacial score (nSPS) is 17.9. The van der Waals surface area contributed by atoms with Crippen LogP contribution in [0.25, 0.3) is 44.5 Å². The number of likely N-dealkylation sites (tertiary alicyclic amines) is 1. The number of amides is 1. The number of para-hydroxylation sites is 1. The molecule has 0 radical (unpaired) electrons. The Morgan fingerprint density at radius 3 is 2.61 bits per heavy atom. The van der Waals surface area contributed by atoms with Crippen molar-refractivity contribution in [2.45, 2.75) is 32.7 Å². The molecule has 3 aromatic carbocycles. The Labute approximate surface area is 210 Å². The largest absolute Gasteiger partial charge is 0.361 e. The van der Waals surface area contributed by atoms with E-state index in [1.807, 2.05) is 6.20 Å². The van der Waals surface area contributed by atoms with Crippen molar-refractivity contribution >= 4 is 27.8 Å². The summed E-state index contributed by atoms with van der Waals surface area (Å²) in [4.78, 5) is 23.1. The molecule has 0 spiro atoms. The van der Waals surface area contributed by atoms with Gasteiger partial charge in [-0.25, -0.2) is 4.98 Å². The number of aromatic nitrogens is 3. The second kappa shape index (κ2) is 8.37. The standard InChI is InChI=1S/C31H30N4O/c1-20-3-2-4-27-29(20)35(19-21-14-16-34(18-21)31(36)25-10-11-25)30(33-27)24-8-5-22(6-9-24)26-12-7-23-13-15-32-28(23)17-26/h2-9,12-13,15,17,21,25,32H,10-11,14,16,18-19H2,1H3/t21-/m0/s1. The molecule has 1 aliphatic carbocycles. The van der Waals surface area contributed by atoms with E-state index < -0.39 is 0 Å². The van der Waals surface area contributed by atoms with Crippen LogP contribution in [0.3, 0.4) is 0 Å². The molecule has 180 valence electrons. The Bertz CT molecular complexity index is 1590. The van der Waals surface area contributed by atoms with Gasteiger partial charge in [0.25, 0.3) is 0 Å². The summed E-state index contributed by atoms with van der Waals surface area (Å²) in [5, 5.41) is 1.23. The van der Waals surface area contributed by atoms with Crippen LogP contribution in [-0.4, -0.2) is 38.4 Å². The molecule has 1 N–H and O–H groups in total. The third kappa shape index (κ3) is 3.70. The molecule has 1 atom stereocenters. The minimum Gasteiger partial charge on any atom is -0.361 e. The number of carbonyl (C=O) groups excluding carboxylic acids is 1. The van der Waals surface area contributed by atoms with Crippen LogP contribution in [0.5, 0.6) is 0 Å². The van der Waals surface area contributed by atoms with Crippen molar-refractivity contribution in [1.82, 2.24) is 19.4 Å². The van der Waals surface area contributed by atoms with E-state index in [4.69, 9.17) is 4.98 Å². The molecular weight excluding hydrogens is 444 g/mol. The number of hydrogen-bond acceptors (Lipinski definition) is 2. The summed E-state index contributed by atoms with van der Waals surface area (Å²) in [5.74, 6) is 2.14. The van der Waals surface area contributed by atoms with Crippen LogP contribution in [0.1, 0.15) is 24.8 Å². The highest BCUT2D eigenvalue weighted by molar-refractivity contribution is 5.86. The van der Waals surface area contributed by atoms with Gasteiger partial charge in [0.15, 0.2) is 0 Å². The lowest BCUT2D eigenvalue weighted by Crippen LogP contribution is -2.30. The summed E-state index contributed by atoms with van der Waals surface area (Å²) in [6.07, 6.45) is 5.19. The number of H-pyrrole nitrogens is 1. The minimum atomic E-state index is 0.298. The third-order valence-electron chi connectivity index (χ3n) is 7.96. The summed E-state index contributed by atoms with van der Waals surface area (Å²) in [5.41, 5.74) is 8.16. The number of fused-ring (bicyclic) bond motifs is 2. The van der Waals surface area contributed by atoms with Gasteiger partial charge < -0.3 is 14.5 Å². The van der Waals surface area contributed by atoms with E-state index in [1.165, 1.54) is 27.6 Å². The number of nitrogens with zero attached hydrogens (tertiary/aromatic N) is 3. The van der Waals surface area contributed by atoms with Gasteiger partial charge in [-0.3, -0.25) is 4.79 Å². The zero-order valence-corrected chi connectivity index (χ0v) is 20.6. The zero-order chi connectivity index (χ0) is 24.2. The summed E-state index contributed by atoms with van der Waals surface area (Å²) < 4.78 is 2.40. The predicted molar refractivity (Wildman–Crippen MR) is 145 cm³/mol. The van der Waals surface area contributed by atoms with Crippen molar-refractivity contribution in [3.8, 4) is 22.5 Å². The Kier molecular flexibility index (Phi) is 4.98. The Morgan fingerprint density at radius 2 is 1.78 bits per heavy atom. The summed E-state index contributed by atoms with van der Waals surface area (Å²) in [6, 6.07) is 23.8. The number of hydrogen-bond donors (Lipinski definition) is 1. The lowest BCUT2D eigenvalue weighted by atomic mass is 10.0. The SMILES string of the molecule is Cc1cccc2nc(-c3ccc(-c4ccc5cc[nH]c5c4)cc3)n(C[C@H]3CCN(C(=O)C4CC4)C3)c12. The number of benzene rings is 3. The Hall–Kier alpha value is -3.86. The molecule has 36 heavy (non-hydrogen) atoms. The van der Waals surface area contributed by atoms with Crippen LogP contribution in [0.2, 0.25) is 0 Å². The maximum Gasteiger partial charge on any atom is 0.225 e. The Balaban J connectivity index is 1.22. The van der Waals surface area contributed by atoms with Crippen molar-refractivity contribution in [1.29, 1.82) is 0 Å². The molecule has 1 amide bonds. The van der Waals surface area contributed by atoms with Crippen molar-refractivity contribution in [3.05, 3.63) is 78.5 Å². The lowest BCUT2D eigenvalue weighted by molar-refractivity contribution is -0.131. The molecular formula is C31H30N4O. The molecule has 7 rings (SSSR count). The summed E-state index contributed by atoms with van der Waals surface area (Å²) >= 11 is 0. The average Bonchev–Trinajstić information content (AvgIpc) is 3.29. The molecule has 5 heteroatoms. The first-order valence-corrected chi connectivity index (χ1v) is 13.1. The van der Waals surface area contributed by atoms with Crippen LogP contribution in [-0.2, 0) is 11.3 Å². The van der Waals surface area contributed by atoms with E-state index >= 15 is 0 Å². The van der Waals surface area contributed by atoms with Crippen LogP contribution in [0.4, 0.5) is 0 Å². The predicted octanol–water partition coefficient (Wildman–Crippen LogP) is 6.42. The minimum absolute atomic E-state index is 0.298. The maximum absolute atomic E-state index is 12.6. The van der Waals surface area contributed by atoms with Gasteiger partial charge in [-0.2, -0.15) is 0 Å². The first kappa shape index (κ1) is 21.4. The second-order valence-corrected chi connectivity index (χ2v) is 10.6. The third-order valence-corrected chi connectivity index (χ3v) is 7.96. The molecule has 3 heterocycles. The quantitative estimate of drug-likeness (QED) is 0.320. The van der Waals surface area contributed by atoms with Crippen molar-refractivity contribution in [2.75, 3.05) is 13.1 Å². The van der Waals surface area contributed by atoms with E-state index in [9.17, 15) is 4.79 Å². The van der Waals surface area contributed by atoms with Gasteiger partial charge in [-0.15, -0.1) is 0 Å². The van der Waals surface area contributed by atoms with Gasteiger partial charge in [0, 0.05) is 42.8 Å². The van der Waals surface area contributed by atoms with Crippen LogP contribution in [0, 0.1) is 18.8 Å². The number of nitrogens with one attached hydrogen (secondary N) is 1. The molecule has 1 saturated carbocycles. The Morgan fingerprint density at radius 1 is 0.972 bits per heavy atom. The lowest BCUT2D eigenvalue weighted by Gasteiger charge is -2.18. The molecule has 5 nitrogen and oxygen atoms in total. The zero-order valence-electron chi connectivity index (χ0n) is 20.6. The fourth-order valence-corrected chi connectivity index (χ4v) is 5.83. The molecule has 0 bridgehead atoms. The van der Waals surface area contributed by atoms with Crippen LogP contribution in [0.15, 0.2) is 72.9 Å². The summed E-state index contributed by atoms with van der Waals surface area (Å²) in [7, 11) is 0. The molecule has 2 aliphatic rings. The molecule has 2 aromatic heterocycles. The van der Waals surface area contributed by atoms with E-state index in [1.54, 1.807) is 0 Å². The van der Waals surface area contributed by atoms with E-state index in [2.05, 4.69) is 88.1 Å². The number of carbonyl (C=O) groups is 1. The smallest absolute Gasteiger partial charge is 0.225 e. The molecule has 0 unspecified atom stereocenters. The number of aromatic amines is 1. The van der Waals surface area contributed by atoms with E-state index in [0.717, 1.165) is 61.3 Å². The first-order chi connectivity index (χ1) is 17.6. The molecule has 1 aliphatic heterocycles. The fourth-order valence-electron chi connectivity index (χ4n) is 5.83. The summed E-state index contributed by atoms with van der Waals surface area (Å²) in [6.45, 7) is 4.80. The van der Waals surface area contributed by atoms with Crippen molar-refractivity contribution in [2.24, 2.45) is 11.8 Å². The van der Waals surface area contributed by atoms with Gasteiger partial charge in [-0.05, 0) is 72.4 Å². The molecule has 2 fully saturated rings. The first-order valence-electron chi connectivity index (χ1n) is 13.1. The van der Waals surface area contributed by atoms with Gasteiger partial charge in [0.05, 0.1) is 11.0 Å². The van der Waals surface area contributed by atoms with Crippen LogP contribution >= 0.6 is 0 Å². The number of imidazole rings is 1. The van der Waals surface area contributed by atoms with Gasteiger partial charge in [0.2, 0.25) is 5.91 Å². The van der Waals surface area contributed by atoms with Crippen molar-refractivity contribution in [3.63, 3.8) is 0 Å². The topological polar surface area (TPSA) is 53.9 Å². The highest BCUT2D eigenvalue weighted by atomic mass is 16.2. The highest BCUT2D eigenvalue weighted by Crippen LogP contribution is 2.35. The highest BCUT2D eigenvalue weighted by Gasteiger charge is 2.36. The number of rotatable bonds is 5. The van der Waals surface area contributed by atoms with Gasteiger partial charge in [0.1, 0.15) is 5.82 Å². The molecule has 1 saturated heterocycles. The van der Waals surface area contributed by atoms with Gasteiger partial charge >= 0.3 is 0 Å². The van der Waals surface area contributed by atoms with Crippen molar-refractivity contribution < 1.29 is 4.79 Å². The van der Waals surface area contributed by atoms with E-state index in [-0.39, 0.29) is 0 Å². The second-order valence-electron chi connectivity index (χ2n) is 10.6. The van der Waals surface area contributed by atoms with Gasteiger partial charge in [-0.1, -0.05) is 48.5 Å². The number of aryl methyl sites for hydroxylation is 1.